The molecule has 80 valence electrons. The van der Waals surface area contributed by atoms with Crippen molar-refractivity contribution in [3.63, 3.8) is 0 Å². The molecule has 0 fully saturated rings. The van der Waals surface area contributed by atoms with Crippen LogP contribution in [0, 0.1) is 0 Å². The third-order valence-corrected chi connectivity index (χ3v) is 2.50. The minimum atomic E-state index is 0.340. The highest BCUT2D eigenvalue weighted by atomic mass is 16.3. The van der Waals surface area contributed by atoms with Crippen LogP contribution in [0.1, 0.15) is 12.5 Å². The second-order valence-corrected chi connectivity index (χ2v) is 3.61. The Labute approximate surface area is 95.7 Å². The summed E-state index contributed by atoms with van der Waals surface area (Å²) in [6.07, 6.45) is 3.82. The van der Waals surface area contributed by atoms with E-state index in [0.29, 0.717) is 5.75 Å². The summed E-state index contributed by atoms with van der Waals surface area (Å²) in [5.74, 6) is 0.340. The fourth-order valence-corrected chi connectivity index (χ4v) is 1.73. The minimum absolute atomic E-state index is 0.340. The highest BCUT2D eigenvalue weighted by Gasteiger charge is 2.05. The van der Waals surface area contributed by atoms with Crippen LogP contribution in [0.4, 0.5) is 0 Å². The van der Waals surface area contributed by atoms with Gasteiger partial charge < -0.3 is 5.11 Å². The number of rotatable bonds is 2. The number of hydrogen-bond donors (Lipinski definition) is 1. The molecule has 0 saturated carbocycles. The van der Waals surface area contributed by atoms with Crippen molar-refractivity contribution in [2.45, 2.75) is 6.92 Å². The highest BCUT2D eigenvalue weighted by Crippen LogP contribution is 2.32. The van der Waals surface area contributed by atoms with Gasteiger partial charge >= 0.3 is 0 Å². The summed E-state index contributed by atoms with van der Waals surface area (Å²) in [5.41, 5.74) is 2.76. The van der Waals surface area contributed by atoms with Gasteiger partial charge in [0.2, 0.25) is 0 Å². The van der Waals surface area contributed by atoms with Gasteiger partial charge in [0.05, 0.1) is 0 Å². The quantitative estimate of drug-likeness (QED) is 0.791. The molecule has 0 aliphatic rings. The molecule has 0 radical (unpaired) electrons. The van der Waals surface area contributed by atoms with E-state index in [2.05, 4.69) is 0 Å². The molecule has 0 aromatic heterocycles. The van der Waals surface area contributed by atoms with Crippen molar-refractivity contribution >= 4 is 6.08 Å². The first-order chi connectivity index (χ1) is 7.83. The van der Waals surface area contributed by atoms with Crippen LogP contribution in [0.5, 0.6) is 5.75 Å². The summed E-state index contributed by atoms with van der Waals surface area (Å²) in [4.78, 5) is 0. The Kier molecular flexibility index (Phi) is 3.06. The summed E-state index contributed by atoms with van der Waals surface area (Å²) in [6.45, 7) is 1.94. The van der Waals surface area contributed by atoms with Gasteiger partial charge in [-0.25, -0.2) is 0 Å². The number of benzene rings is 2. The first-order valence-corrected chi connectivity index (χ1v) is 5.33. The first-order valence-electron chi connectivity index (χ1n) is 5.33. The average molecular weight is 210 g/mol. The topological polar surface area (TPSA) is 20.2 Å². The van der Waals surface area contributed by atoms with E-state index in [4.69, 9.17) is 0 Å². The summed E-state index contributed by atoms with van der Waals surface area (Å²) >= 11 is 0. The van der Waals surface area contributed by atoms with E-state index in [-0.39, 0.29) is 0 Å². The van der Waals surface area contributed by atoms with Crippen LogP contribution in [0.25, 0.3) is 17.2 Å². The van der Waals surface area contributed by atoms with Gasteiger partial charge in [-0.05, 0) is 12.5 Å². The van der Waals surface area contributed by atoms with E-state index in [9.17, 15) is 5.11 Å². The van der Waals surface area contributed by atoms with E-state index >= 15 is 0 Å². The molecule has 2 aromatic rings. The van der Waals surface area contributed by atoms with Crippen molar-refractivity contribution in [2.75, 3.05) is 0 Å². The molecule has 0 spiro atoms. The number of aromatic hydroxyl groups is 1. The summed E-state index contributed by atoms with van der Waals surface area (Å²) in [7, 11) is 0. The van der Waals surface area contributed by atoms with Crippen molar-refractivity contribution in [2.24, 2.45) is 0 Å². The SMILES string of the molecule is CC=Cc1cccc(-c2ccccc2)c1O. The van der Waals surface area contributed by atoms with Crippen LogP contribution in [-0.4, -0.2) is 5.11 Å². The van der Waals surface area contributed by atoms with Gasteiger partial charge in [0.25, 0.3) is 0 Å². The lowest BCUT2D eigenvalue weighted by Gasteiger charge is -2.07. The van der Waals surface area contributed by atoms with Gasteiger partial charge in [-0.3, -0.25) is 0 Å². The monoisotopic (exact) mass is 210 g/mol. The third-order valence-electron chi connectivity index (χ3n) is 2.50. The molecule has 0 aliphatic carbocycles. The van der Waals surface area contributed by atoms with Gasteiger partial charge in [-0.1, -0.05) is 60.7 Å². The maximum Gasteiger partial charge on any atom is 0.130 e. The average Bonchev–Trinajstić information content (AvgIpc) is 2.33. The molecule has 1 nitrogen and oxygen atoms in total. The van der Waals surface area contributed by atoms with E-state index in [1.54, 1.807) is 0 Å². The van der Waals surface area contributed by atoms with Gasteiger partial charge in [0.1, 0.15) is 5.75 Å². The molecule has 0 unspecified atom stereocenters. The third kappa shape index (κ3) is 1.98. The normalized spacial score (nSPS) is 10.8. The maximum atomic E-state index is 10.1. The van der Waals surface area contributed by atoms with Gasteiger partial charge in [0, 0.05) is 11.1 Å². The Morgan fingerprint density at radius 2 is 1.69 bits per heavy atom. The maximum absolute atomic E-state index is 10.1. The van der Waals surface area contributed by atoms with Crippen LogP contribution in [0.15, 0.2) is 54.6 Å². The zero-order valence-electron chi connectivity index (χ0n) is 9.22. The smallest absolute Gasteiger partial charge is 0.130 e. The number of hydrogen-bond acceptors (Lipinski definition) is 1. The fraction of sp³-hybridized carbons (Fsp3) is 0.0667. The van der Waals surface area contributed by atoms with Crippen LogP contribution in [-0.2, 0) is 0 Å². The second-order valence-electron chi connectivity index (χ2n) is 3.61. The molecular formula is C15H14O. The molecule has 0 bridgehead atoms. The van der Waals surface area contributed by atoms with E-state index < -0.39 is 0 Å². The number of phenols is 1. The van der Waals surface area contributed by atoms with Gasteiger partial charge in [-0.15, -0.1) is 0 Å². The minimum Gasteiger partial charge on any atom is -0.507 e. The van der Waals surface area contributed by atoms with Gasteiger partial charge in [0.15, 0.2) is 0 Å². The standard InChI is InChI=1S/C15H14O/c1-2-7-13-10-6-11-14(15(13)16)12-8-4-3-5-9-12/h2-11,16H,1H3. The number of para-hydroxylation sites is 1. The van der Waals surface area contributed by atoms with Crippen molar-refractivity contribution in [1.82, 2.24) is 0 Å². The molecule has 0 heterocycles. The highest BCUT2D eigenvalue weighted by molar-refractivity contribution is 5.75. The van der Waals surface area contributed by atoms with Crippen molar-refractivity contribution in [3.05, 3.63) is 60.2 Å². The predicted octanol–water partition coefficient (Wildman–Crippen LogP) is 4.09. The van der Waals surface area contributed by atoms with E-state index in [0.717, 1.165) is 16.7 Å². The molecule has 0 atom stereocenters. The molecular weight excluding hydrogens is 196 g/mol. The Morgan fingerprint density at radius 3 is 2.38 bits per heavy atom. The zero-order valence-corrected chi connectivity index (χ0v) is 9.22. The summed E-state index contributed by atoms with van der Waals surface area (Å²) in [5, 5.41) is 10.1. The lowest BCUT2D eigenvalue weighted by Crippen LogP contribution is -1.81. The largest absolute Gasteiger partial charge is 0.507 e. The molecule has 1 heteroatoms. The first kappa shape index (κ1) is 10.5. The molecule has 0 saturated heterocycles. The molecule has 1 N–H and O–H groups in total. The number of allylic oxidation sites excluding steroid dienone is 1. The Bertz CT molecular complexity index is 498. The van der Waals surface area contributed by atoms with E-state index in [1.165, 1.54) is 0 Å². The van der Waals surface area contributed by atoms with Crippen LogP contribution in [0.3, 0.4) is 0 Å². The van der Waals surface area contributed by atoms with Crippen molar-refractivity contribution in [1.29, 1.82) is 0 Å². The fourth-order valence-electron chi connectivity index (χ4n) is 1.73. The lowest BCUT2D eigenvalue weighted by atomic mass is 10.0. The number of phenolic OH excluding ortho intramolecular Hbond substituents is 1. The lowest BCUT2D eigenvalue weighted by molar-refractivity contribution is 0.476. The summed E-state index contributed by atoms with van der Waals surface area (Å²) < 4.78 is 0. The Hall–Kier alpha value is -2.02. The Balaban J connectivity index is 2.54. The van der Waals surface area contributed by atoms with Crippen LogP contribution >= 0.6 is 0 Å². The van der Waals surface area contributed by atoms with Crippen molar-refractivity contribution < 1.29 is 5.11 Å². The molecule has 2 rings (SSSR count). The molecule has 0 aliphatic heterocycles. The zero-order chi connectivity index (χ0) is 11.4. The molecule has 2 aromatic carbocycles. The van der Waals surface area contributed by atoms with Crippen molar-refractivity contribution in [3.8, 4) is 16.9 Å². The predicted molar refractivity (Wildman–Crippen MR) is 68.3 cm³/mol. The Morgan fingerprint density at radius 1 is 0.938 bits per heavy atom. The molecule has 0 amide bonds. The van der Waals surface area contributed by atoms with E-state index in [1.807, 2.05) is 67.6 Å². The van der Waals surface area contributed by atoms with Crippen LogP contribution < -0.4 is 0 Å². The van der Waals surface area contributed by atoms with Crippen LogP contribution in [0.2, 0.25) is 0 Å². The van der Waals surface area contributed by atoms with Gasteiger partial charge in [-0.2, -0.15) is 0 Å². The second kappa shape index (κ2) is 4.67. The molecule has 16 heavy (non-hydrogen) atoms. The summed E-state index contributed by atoms with van der Waals surface area (Å²) in [6, 6.07) is 15.7.